The Morgan fingerprint density at radius 3 is 2.94 bits per heavy atom. The Morgan fingerprint density at radius 2 is 2.17 bits per heavy atom. The molecule has 2 N–H and O–H groups in total. The van der Waals surface area contributed by atoms with Crippen LogP contribution in [0.2, 0.25) is 0 Å². The summed E-state index contributed by atoms with van der Waals surface area (Å²) in [5, 5.41) is 3.84. The van der Waals surface area contributed by atoms with Gasteiger partial charge in [-0.15, -0.1) is 0 Å². The Balaban J connectivity index is 1.97. The van der Waals surface area contributed by atoms with Crippen molar-refractivity contribution in [1.29, 1.82) is 0 Å². The van der Waals surface area contributed by atoms with Gasteiger partial charge < -0.3 is 14.7 Å². The molecular formula is C14H12N2O2. The number of anilines is 1. The van der Waals surface area contributed by atoms with Crippen molar-refractivity contribution in [1.82, 2.24) is 4.98 Å². The van der Waals surface area contributed by atoms with Crippen molar-refractivity contribution in [2.75, 3.05) is 5.32 Å². The van der Waals surface area contributed by atoms with Crippen LogP contribution < -0.4 is 5.32 Å². The van der Waals surface area contributed by atoms with Gasteiger partial charge in [0.25, 0.3) is 5.91 Å². The van der Waals surface area contributed by atoms with E-state index in [2.05, 4.69) is 10.3 Å². The van der Waals surface area contributed by atoms with Crippen molar-refractivity contribution < 1.29 is 9.21 Å². The van der Waals surface area contributed by atoms with Crippen molar-refractivity contribution in [3.05, 3.63) is 54.1 Å². The number of hydrogen-bond acceptors (Lipinski definition) is 2. The Bertz CT molecular complexity index is 696. The molecule has 3 rings (SSSR count). The highest BCUT2D eigenvalue weighted by molar-refractivity contribution is 6.07. The van der Waals surface area contributed by atoms with E-state index < -0.39 is 0 Å². The van der Waals surface area contributed by atoms with Gasteiger partial charge in [0.1, 0.15) is 0 Å². The fourth-order valence-electron chi connectivity index (χ4n) is 2.00. The van der Waals surface area contributed by atoms with E-state index in [4.69, 9.17) is 4.42 Å². The van der Waals surface area contributed by atoms with Crippen molar-refractivity contribution >= 4 is 22.5 Å². The maximum Gasteiger partial charge on any atom is 0.291 e. The van der Waals surface area contributed by atoms with Crippen LogP contribution in [0.5, 0.6) is 0 Å². The van der Waals surface area contributed by atoms with E-state index in [9.17, 15) is 4.79 Å². The lowest BCUT2D eigenvalue weighted by atomic mass is 10.2. The predicted molar refractivity (Wildman–Crippen MR) is 69.7 cm³/mol. The lowest BCUT2D eigenvalue weighted by Crippen LogP contribution is -2.10. The average molecular weight is 240 g/mol. The molecule has 0 aliphatic rings. The third-order valence-corrected chi connectivity index (χ3v) is 2.79. The molecule has 1 amide bonds. The summed E-state index contributed by atoms with van der Waals surface area (Å²) in [6, 6.07) is 11.1. The van der Waals surface area contributed by atoms with Gasteiger partial charge in [-0.1, -0.05) is 6.07 Å². The molecule has 90 valence electrons. The number of aryl methyl sites for hydroxylation is 1. The van der Waals surface area contributed by atoms with Crippen LogP contribution >= 0.6 is 0 Å². The molecule has 2 heterocycles. The molecule has 0 spiro atoms. The third-order valence-electron chi connectivity index (χ3n) is 2.79. The summed E-state index contributed by atoms with van der Waals surface area (Å²) >= 11 is 0. The maximum absolute atomic E-state index is 11.9. The summed E-state index contributed by atoms with van der Waals surface area (Å²) in [5.74, 6) is 0.0608. The van der Waals surface area contributed by atoms with E-state index in [0.29, 0.717) is 5.76 Å². The minimum Gasteiger partial charge on any atom is -0.459 e. The first-order valence-corrected chi connectivity index (χ1v) is 5.67. The number of carbonyl (C=O) groups is 1. The van der Waals surface area contributed by atoms with Crippen LogP contribution in [0, 0.1) is 6.92 Å². The molecule has 0 unspecified atom stereocenters. The zero-order valence-electron chi connectivity index (χ0n) is 9.86. The minimum absolute atomic E-state index is 0.244. The molecule has 0 aliphatic carbocycles. The second-order valence-corrected chi connectivity index (χ2v) is 4.15. The van der Waals surface area contributed by atoms with Crippen LogP contribution in [0.3, 0.4) is 0 Å². The summed E-state index contributed by atoms with van der Waals surface area (Å²) in [5.41, 5.74) is 2.84. The molecule has 18 heavy (non-hydrogen) atoms. The van der Waals surface area contributed by atoms with Crippen LogP contribution in [0.1, 0.15) is 16.2 Å². The van der Waals surface area contributed by atoms with Gasteiger partial charge in [0, 0.05) is 16.6 Å². The van der Waals surface area contributed by atoms with Gasteiger partial charge in [-0.3, -0.25) is 4.79 Å². The summed E-state index contributed by atoms with van der Waals surface area (Å²) in [4.78, 5) is 15.1. The molecule has 0 bridgehead atoms. The van der Waals surface area contributed by atoms with Crippen molar-refractivity contribution in [3.8, 4) is 0 Å². The fraction of sp³-hybridized carbons (Fsp3) is 0.0714. The van der Waals surface area contributed by atoms with E-state index in [1.165, 1.54) is 6.26 Å². The number of fused-ring (bicyclic) bond motifs is 1. The Labute approximate surface area is 104 Å². The van der Waals surface area contributed by atoms with Crippen LogP contribution in [0.4, 0.5) is 5.69 Å². The van der Waals surface area contributed by atoms with E-state index in [0.717, 1.165) is 22.3 Å². The number of hydrogen-bond donors (Lipinski definition) is 2. The number of rotatable bonds is 2. The summed E-state index contributed by atoms with van der Waals surface area (Å²) in [6.45, 7) is 1.98. The van der Waals surface area contributed by atoms with Crippen LogP contribution in [0.15, 0.2) is 47.1 Å². The molecule has 0 saturated heterocycles. The summed E-state index contributed by atoms with van der Waals surface area (Å²) in [6.07, 6.45) is 1.48. The van der Waals surface area contributed by atoms with Crippen molar-refractivity contribution in [2.45, 2.75) is 6.92 Å². The molecule has 4 nitrogen and oxygen atoms in total. The standard InChI is InChI=1S/C14H12N2O2/c1-9-8-10-11(15-9)4-2-5-12(10)16-14(17)13-6-3-7-18-13/h2-8,15H,1H3,(H,16,17). The number of carbonyl (C=O) groups excluding carboxylic acids is 1. The molecule has 0 atom stereocenters. The molecule has 4 heteroatoms. The number of benzene rings is 1. The third kappa shape index (κ3) is 1.78. The normalized spacial score (nSPS) is 10.7. The van der Waals surface area contributed by atoms with Gasteiger partial charge in [-0.05, 0) is 37.3 Å². The molecular weight excluding hydrogens is 228 g/mol. The quantitative estimate of drug-likeness (QED) is 0.721. The molecule has 0 aliphatic heterocycles. The molecule has 3 aromatic rings. The number of furan rings is 1. The van der Waals surface area contributed by atoms with Crippen LogP contribution in [-0.4, -0.2) is 10.9 Å². The SMILES string of the molecule is Cc1cc2c(NC(=O)c3ccco3)cccc2[nH]1. The van der Waals surface area contributed by atoms with E-state index in [1.807, 2.05) is 31.2 Å². The van der Waals surface area contributed by atoms with Gasteiger partial charge in [-0.2, -0.15) is 0 Å². The first kappa shape index (κ1) is 10.7. The van der Waals surface area contributed by atoms with E-state index >= 15 is 0 Å². The van der Waals surface area contributed by atoms with Gasteiger partial charge in [0.15, 0.2) is 5.76 Å². The van der Waals surface area contributed by atoms with Gasteiger partial charge in [-0.25, -0.2) is 0 Å². The second kappa shape index (κ2) is 4.07. The van der Waals surface area contributed by atoms with Gasteiger partial charge in [0.05, 0.1) is 12.0 Å². The summed E-state index contributed by atoms with van der Waals surface area (Å²) < 4.78 is 5.06. The predicted octanol–water partition coefficient (Wildman–Crippen LogP) is 3.32. The van der Waals surface area contributed by atoms with Crippen molar-refractivity contribution in [3.63, 3.8) is 0 Å². The number of aromatic nitrogens is 1. The zero-order valence-corrected chi connectivity index (χ0v) is 9.86. The number of amides is 1. The first-order valence-electron chi connectivity index (χ1n) is 5.67. The number of H-pyrrole nitrogens is 1. The highest BCUT2D eigenvalue weighted by Gasteiger charge is 2.11. The minimum atomic E-state index is -0.244. The molecule has 0 radical (unpaired) electrons. The summed E-state index contributed by atoms with van der Waals surface area (Å²) in [7, 11) is 0. The Morgan fingerprint density at radius 1 is 1.28 bits per heavy atom. The second-order valence-electron chi connectivity index (χ2n) is 4.15. The Kier molecular flexibility index (Phi) is 2.41. The zero-order chi connectivity index (χ0) is 12.5. The lowest BCUT2D eigenvalue weighted by Gasteiger charge is -2.04. The maximum atomic E-state index is 11.9. The molecule has 2 aromatic heterocycles. The molecule has 0 fully saturated rings. The lowest BCUT2D eigenvalue weighted by molar-refractivity contribution is 0.0997. The van der Waals surface area contributed by atoms with Crippen LogP contribution in [-0.2, 0) is 0 Å². The van der Waals surface area contributed by atoms with E-state index in [1.54, 1.807) is 12.1 Å². The first-order chi connectivity index (χ1) is 8.74. The average Bonchev–Trinajstić information content (AvgIpc) is 2.96. The number of aromatic amines is 1. The highest BCUT2D eigenvalue weighted by atomic mass is 16.3. The Hall–Kier alpha value is -2.49. The largest absolute Gasteiger partial charge is 0.459 e. The topological polar surface area (TPSA) is 58.0 Å². The van der Waals surface area contributed by atoms with E-state index in [-0.39, 0.29) is 5.91 Å². The molecule has 0 saturated carbocycles. The highest BCUT2D eigenvalue weighted by Crippen LogP contribution is 2.24. The fourth-order valence-corrected chi connectivity index (χ4v) is 2.00. The molecule has 1 aromatic carbocycles. The number of nitrogens with one attached hydrogen (secondary N) is 2. The smallest absolute Gasteiger partial charge is 0.291 e. The van der Waals surface area contributed by atoms with Gasteiger partial charge >= 0.3 is 0 Å². The van der Waals surface area contributed by atoms with Crippen molar-refractivity contribution in [2.24, 2.45) is 0 Å². The van der Waals surface area contributed by atoms with Crippen LogP contribution in [0.25, 0.3) is 10.9 Å². The monoisotopic (exact) mass is 240 g/mol. The van der Waals surface area contributed by atoms with Gasteiger partial charge in [0.2, 0.25) is 0 Å².